The van der Waals surface area contributed by atoms with E-state index in [1.807, 2.05) is 20.8 Å². The third kappa shape index (κ3) is 5.23. The van der Waals surface area contributed by atoms with Gasteiger partial charge in [0, 0.05) is 48.8 Å². The van der Waals surface area contributed by atoms with E-state index in [4.69, 9.17) is 4.74 Å². The van der Waals surface area contributed by atoms with Crippen molar-refractivity contribution < 1.29 is 18.7 Å². The van der Waals surface area contributed by atoms with Gasteiger partial charge in [-0.05, 0) is 68.9 Å². The Morgan fingerprint density at radius 2 is 1.89 bits per heavy atom. The molecular weight excluding hydrogens is 459 g/mol. The molecule has 1 aromatic heterocycles. The molecule has 0 unspecified atom stereocenters. The number of H-pyrrole nitrogens is 1. The summed E-state index contributed by atoms with van der Waals surface area (Å²) in [6.07, 6.45) is 2.12. The molecule has 0 saturated carbocycles. The van der Waals surface area contributed by atoms with E-state index in [-0.39, 0.29) is 18.0 Å². The molecule has 190 valence electrons. The maximum absolute atomic E-state index is 14.2. The summed E-state index contributed by atoms with van der Waals surface area (Å²) in [5.41, 5.74) is 4.77. The fraction of sp³-hybridized carbons (Fsp3) is 0.429. The third-order valence-electron chi connectivity index (χ3n) is 6.83. The maximum Gasteiger partial charge on any atom is 0.407 e. The van der Waals surface area contributed by atoms with E-state index < -0.39 is 11.4 Å². The highest BCUT2D eigenvalue weighted by atomic mass is 19.1. The zero-order valence-electron chi connectivity index (χ0n) is 21.0. The Kier molecular flexibility index (Phi) is 6.47. The molecule has 2 amide bonds. The minimum atomic E-state index is -0.493. The molecule has 0 atom stereocenters. The first-order chi connectivity index (χ1) is 17.2. The van der Waals surface area contributed by atoms with Crippen LogP contribution in [0.3, 0.4) is 0 Å². The number of carbonyl (C=O) groups is 2. The van der Waals surface area contributed by atoms with Gasteiger partial charge in [-0.2, -0.15) is 0 Å². The third-order valence-corrected chi connectivity index (χ3v) is 6.83. The van der Waals surface area contributed by atoms with Crippen molar-refractivity contribution in [3.63, 3.8) is 0 Å². The highest BCUT2D eigenvalue weighted by molar-refractivity contribution is 6.10. The maximum atomic E-state index is 14.2. The molecule has 2 aliphatic heterocycles. The Balaban J connectivity index is 1.25. The number of carbonyl (C=O) groups excluding carboxylic acids is 2. The van der Waals surface area contributed by atoms with E-state index in [1.54, 1.807) is 0 Å². The SMILES string of the molecule is CC(C)(C)OC(=O)NC1CCN(Cc2ccc(-c3[nH]c4cc(F)cc5c4c3CCNC5=O)cc2)CC1. The second kappa shape index (κ2) is 9.58. The van der Waals surface area contributed by atoms with Gasteiger partial charge in [0.2, 0.25) is 0 Å². The number of amides is 2. The van der Waals surface area contributed by atoms with E-state index in [0.717, 1.165) is 54.7 Å². The molecular formula is C28H33FN4O3. The van der Waals surface area contributed by atoms with Gasteiger partial charge in [-0.1, -0.05) is 24.3 Å². The molecule has 0 bridgehead atoms. The Bertz CT molecular complexity index is 1280. The van der Waals surface area contributed by atoms with Gasteiger partial charge in [0.25, 0.3) is 5.91 Å². The number of aromatic amines is 1. The minimum Gasteiger partial charge on any atom is -0.444 e. The van der Waals surface area contributed by atoms with Crippen LogP contribution >= 0.6 is 0 Å². The van der Waals surface area contributed by atoms with Crippen molar-refractivity contribution in [1.29, 1.82) is 0 Å². The van der Waals surface area contributed by atoms with E-state index in [1.165, 1.54) is 17.7 Å². The molecule has 3 N–H and O–H groups in total. The molecule has 1 saturated heterocycles. The van der Waals surface area contributed by atoms with Gasteiger partial charge in [-0.15, -0.1) is 0 Å². The van der Waals surface area contributed by atoms with Gasteiger partial charge in [-0.3, -0.25) is 9.69 Å². The van der Waals surface area contributed by atoms with Crippen LogP contribution in [0.2, 0.25) is 0 Å². The van der Waals surface area contributed by atoms with Crippen molar-refractivity contribution in [1.82, 2.24) is 20.5 Å². The van der Waals surface area contributed by atoms with Crippen LogP contribution in [0.4, 0.5) is 9.18 Å². The number of ether oxygens (including phenoxy) is 1. The monoisotopic (exact) mass is 492 g/mol. The number of aromatic nitrogens is 1. The molecule has 0 spiro atoms. The number of benzene rings is 2. The van der Waals surface area contributed by atoms with Crippen molar-refractivity contribution in [2.24, 2.45) is 0 Å². The average molecular weight is 493 g/mol. The molecule has 1 fully saturated rings. The lowest BCUT2D eigenvalue weighted by atomic mass is 9.99. The Hall–Kier alpha value is -3.39. The highest BCUT2D eigenvalue weighted by Crippen LogP contribution is 2.35. The minimum absolute atomic E-state index is 0.137. The van der Waals surface area contributed by atoms with Gasteiger partial charge in [0.05, 0.1) is 5.56 Å². The van der Waals surface area contributed by atoms with Crippen LogP contribution in [0.25, 0.3) is 22.2 Å². The standard InChI is InChI=1S/C28H33FN4O3/c1-28(2,3)36-27(35)31-20-9-12-33(13-10-20)16-17-4-6-18(7-5-17)25-21-8-11-30-26(34)22-14-19(29)15-23(32-25)24(21)22/h4-7,14-15,20,32H,8-13,16H2,1-3H3,(H,30,34)(H,31,35). The van der Waals surface area contributed by atoms with E-state index in [0.29, 0.717) is 24.0 Å². The first-order valence-electron chi connectivity index (χ1n) is 12.6. The van der Waals surface area contributed by atoms with Gasteiger partial charge < -0.3 is 20.4 Å². The molecule has 36 heavy (non-hydrogen) atoms. The Morgan fingerprint density at radius 3 is 2.58 bits per heavy atom. The molecule has 0 radical (unpaired) electrons. The zero-order valence-corrected chi connectivity index (χ0v) is 21.0. The number of hydrogen-bond acceptors (Lipinski definition) is 4. The first-order valence-corrected chi connectivity index (χ1v) is 12.6. The largest absolute Gasteiger partial charge is 0.444 e. The second-order valence-electron chi connectivity index (χ2n) is 10.8. The molecule has 2 aliphatic rings. The summed E-state index contributed by atoms with van der Waals surface area (Å²) in [7, 11) is 0. The van der Waals surface area contributed by atoms with Crippen molar-refractivity contribution in [2.75, 3.05) is 19.6 Å². The quantitative estimate of drug-likeness (QED) is 0.491. The van der Waals surface area contributed by atoms with Gasteiger partial charge in [-0.25, -0.2) is 9.18 Å². The van der Waals surface area contributed by atoms with Gasteiger partial charge in [0.1, 0.15) is 11.4 Å². The first kappa shape index (κ1) is 24.3. The van der Waals surface area contributed by atoms with Crippen molar-refractivity contribution in [2.45, 2.75) is 58.2 Å². The van der Waals surface area contributed by atoms with E-state index >= 15 is 0 Å². The average Bonchev–Trinajstić information content (AvgIpc) is 3.08. The summed E-state index contributed by atoms with van der Waals surface area (Å²) in [6, 6.07) is 11.3. The number of rotatable bonds is 4. The number of nitrogens with one attached hydrogen (secondary N) is 3. The lowest BCUT2D eigenvalue weighted by molar-refractivity contribution is 0.0477. The van der Waals surface area contributed by atoms with Crippen molar-refractivity contribution in [3.05, 3.63) is 58.9 Å². The fourth-order valence-corrected chi connectivity index (χ4v) is 5.18. The summed E-state index contributed by atoms with van der Waals surface area (Å²) >= 11 is 0. The van der Waals surface area contributed by atoms with Crippen molar-refractivity contribution >= 4 is 22.9 Å². The zero-order chi connectivity index (χ0) is 25.4. The normalized spacial score (nSPS) is 17.1. The second-order valence-corrected chi connectivity index (χ2v) is 10.8. The number of hydrogen-bond donors (Lipinski definition) is 3. The predicted octanol–water partition coefficient (Wildman–Crippen LogP) is 4.75. The summed E-state index contributed by atoms with van der Waals surface area (Å²) < 4.78 is 19.5. The predicted molar refractivity (Wildman–Crippen MR) is 137 cm³/mol. The highest BCUT2D eigenvalue weighted by Gasteiger charge is 2.25. The van der Waals surface area contributed by atoms with Gasteiger partial charge in [0.15, 0.2) is 0 Å². The summed E-state index contributed by atoms with van der Waals surface area (Å²) in [6.45, 7) is 8.77. The van der Waals surface area contributed by atoms with Crippen LogP contribution in [0.5, 0.6) is 0 Å². The molecule has 8 heteroatoms. The summed E-state index contributed by atoms with van der Waals surface area (Å²) in [4.78, 5) is 30.2. The van der Waals surface area contributed by atoms with Gasteiger partial charge >= 0.3 is 6.09 Å². The lowest BCUT2D eigenvalue weighted by Gasteiger charge is -2.32. The molecule has 3 aromatic rings. The van der Waals surface area contributed by atoms with Crippen LogP contribution in [0.15, 0.2) is 36.4 Å². The van der Waals surface area contributed by atoms with Crippen LogP contribution in [0.1, 0.15) is 55.1 Å². The Morgan fingerprint density at radius 1 is 1.17 bits per heavy atom. The van der Waals surface area contributed by atoms with E-state index in [2.05, 4.69) is 44.8 Å². The summed E-state index contributed by atoms with van der Waals surface area (Å²) in [5.74, 6) is -0.654. The molecule has 3 heterocycles. The summed E-state index contributed by atoms with van der Waals surface area (Å²) in [5, 5.41) is 6.67. The van der Waals surface area contributed by atoms with Crippen LogP contribution in [0, 0.1) is 5.82 Å². The number of nitrogens with zero attached hydrogens (tertiary/aromatic N) is 1. The molecule has 2 aromatic carbocycles. The topological polar surface area (TPSA) is 86.5 Å². The molecule has 7 nitrogen and oxygen atoms in total. The van der Waals surface area contributed by atoms with Crippen LogP contribution in [-0.4, -0.2) is 53.2 Å². The van der Waals surface area contributed by atoms with E-state index in [9.17, 15) is 14.0 Å². The number of alkyl carbamates (subject to hydrolysis) is 1. The fourth-order valence-electron chi connectivity index (χ4n) is 5.18. The van der Waals surface area contributed by atoms with Crippen LogP contribution < -0.4 is 10.6 Å². The number of halogens is 1. The smallest absolute Gasteiger partial charge is 0.407 e. The number of piperidine rings is 1. The molecule has 0 aliphatic carbocycles. The molecule has 5 rings (SSSR count). The van der Waals surface area contributed by atoms with Crippen LogP contribution in [-0.2, 0) is 17.7 Å². The lowest BCUT2D eigenvalue weighted by Crippen LogP contribution is -2.45. The number of likely N-dealkylation sites (tertiary alicyclic amines) is 1. The Labute approximate surface area is 210 Å². The van der Waals surface area contributed by atoms with Crippen molar-refractivity contribution in [3.8, 4) is 11.3 Å².